The van der Waals surface area contributed by atoms with Gasteiger partial charge in [-0.25, -0.2) is 14.4 Å². The second kappa shape index (κ2) is 16.8. The number of rotatable bonds is 12. The van der Waals surface area contributed by atoms with Crippen molar-refractivity contribution in [1.29, 1.82) is 0 Å². The van der Waals surface area contributed by atoms with E-state index in [1.807, 2.05) is 0 Å². The Labute approximate surface area is 348 Å². The predicted octanol–water partition coefficient (Wildman–Crippen LogP) is 3.69. The van der Waals surface area contributed by atoms with Crippen molar-refractivity contribution in [3.8, 4) is 0 Å². The number of ether oxygens (including phenoxy) is 6. The van der Waals surface area contributed by atoms with E-state index in [4.69, 9.17) is 28.4 Å². The van der Waals surface area contributed by atoms with Gasteiger partial charge in [-0.3, -0.25) is 14.4 Å². The third kappa shape index (κ3) is 7.54. The Balaban J connectivity index is 1.48. The highest BCUT2D eigenvalue weighted by molar-refractivity contribution is 5.94. The molecule has 3 N–H and O–H groups in total. The van der Waals surface area contributed by atoms with Crippen LogP contribution in [0.5, 0.6) is 0 Å². The van der Waals surface area contributed by atoms with Crippen LogP contribution in [0.4, 0.5) is 0 Å². The van der Waals surface area contributed by atoms with Crippen molar-refractivity contribution in [3.05, 3.63) is 82.9 Å². The third-order valence-electron chi connectivity index (χ3n) is 13.3. The third-order valence-corrected chi connectivity index (χ3v) is 13.3. The van der Waals surface area contributed by atoms with E-state index in [2.05, 4.69) is 0 Å². The Bertz CT molecular complexity index is 2030. The molecule has 1 saturated heterocycles. The van der Waals surface area contributed by atoms with Crippen molar-refractivity contribution in [3.63, 3.8) is 0 Å². The number of ketones is 1. The van der Waals surface area contributed by atoms with Crippen molar-refractivity contribution in [2.75, 3.05) is 13.2 Å². The highest BCUT2D eigenvalue weighted by Crippen LogP contribution is 2.64. The zero-order chi connectivity index (χ0) is 43.9. The van der Waals surface area contributed by atoms with Gasteiger partial charge in [0.05, 0.1) is 29.6 Å². The number of esters is 5. The second-order valence-corrected chi connectivity index (χ2v) is 17.1. The lowest BCUT2D eigenvalue weighted by atomic mass is 9.44. The molecular formula is C45H54O15. The van der Waals surface area contributed by atoms with Crippen molar-refractivity contribution >= 4 is 35.6 Å². The number of benzene rings is 2. The smallest absolute Gasteiger partial charge is 0.348 e. The van der Waals surface area contributed by atoms with Gasteiger partial charge >= 0.3 is 29.8 Å². The number of aliphatic hydroxyl groups is 3. The summed E-state index contributed by atoms with van der Waals surface area (Å²) in [6.45, 7) is 9.53. The number of aliphatic hydroxyl groups excluding tert-OH is 2. The maximum absolute atomic E-state index is 15.0. The van der Waals surface area contributed by atoms with Crippen LogP contribution < -0.4 is 0 Å². The first kappa shape index (κ1) is 44.6. The molecule has 1 heterocycles. The molecule has 3 fully saturated rings. The highest BCUT2D eigenvalue weighted by atomic mass is 16.6. The normalized spacial score (nSPS) is 32.6. The Kier molecular flexibility index (Phi) is 12.5. The molecule has 324 valence electrons. The molecule has 2 aromatic rings. The molecule has 0 spiro atoms. The molecule has 2 saturated carbocycles. The summed E-state index contributed by atoms with van der Waals surface area (Å²) in [4.78, 5) is 81.7. The molecule has 4 unspecified atom stereocenters. The standard InChI is InChI=1S/C45H54O15/c1-8-15-32(48)55-22-33(49)58-36(24(2)27-16-11-9-12-17-27)41(53)57-29-21-45(54)39(59-40(52)28-18-13-10-14-19-28)37-43(7,38(51)35(50)34(25(29)3)42(45,5)6)30(47)20-31-44(37,23-56-31)60-26(4)46/h9-14,16-19,24,29-31,35-37,39,47,50,54H,8,15,20-23H2,1-7H3/t24?,29?,30-,31?,35-,36?,37+,39+,43-,44-,45-/m0/s1. The van der Waals surface area contributed by atoms with Crippen LogP contribution in [-0.2, 0) is 52.4 Å². The number of Topliss-reactive ketones (excluding diaryl/α,β-unsaturated/α-hetero) is 1. The molecular weight excluding hydrogens is 780 g/mol. The number of fused-ring (bicyclic) bond motifs is 5. The van der Waals surface area contributed by atoms with Crippen LogP contribution in [0.2, 0.25) is 0 Å². The van der Waals surface area contributed by atoms with E-state index in [1.54, 1.807) is 76.2 Å². The molecule has 2 bridgehead atoms. The van der Waals surface area contributed by atoms with Crippen LogP contribution in [0, 0.1) is 16.7 Å². The van der Waals surface area contributed by atoms with Gasteiger partial charge in [0.1, 0.15) is 30.0 Å². The fraction of sp³-hybridized carbons (Fsp3) is 0.556. The van der Waals surface area contributed by atoms with Gasteiger partial charge in [-0.1, -0.05) is 76.2 Å². The first-order valence-electron chi connectivity index (χ1n) is 20.3. The fourth-order valence-electron chi connectivity index (χ4n) is 9.86. The zero-order valence-electron chi connectivity index (χ0n) is 34.9. The summed E-state index contributed by atoms with van der Waals surface area (Å²) < 4.78 is 35.0. The molecule has 11 atom stereocenters. The van der Waals surface area contributed by atoms with E-state index in [0.717, 1.165) is 6.92 Å². The molecule has 4 aliphatic rings. The Hall–Kier alpha value is -4.96. The lowest BCUT2D eigenvalue weighted by Gasteiger charge is -2.67. The van der Waals surface area contributed by atoms with Crippen molar-refractivity contribution in [2.45, 2.75) is 128 Å². The Morgan fingerprint density at radius 3 is 2.15 bits per heavy atom. The summed E-state index contributed by atoms with van der Waals surface area (Å²) in [5.41, 5.74) is -6.91. The van der Waals surface area contributed by atoms with E-state index < -0.39 is 119 Å². The number of carbonyl (C=O) groups excluding carboxylic acids is 6. The average Bonchev–Trinajstić information content (AvgIpc) is 3.20. The lowest BCUT2D eigenvalue weighted by molar-refractivity contribution is -0.346. The molecule has 60 heavy (non-hydrogen) atoms. The first-order chi connectivity index (χ1) is 28.2. The average molecular weight is 835 g/mol. The summed E-state index contributed by atoms with van der Waals surface area (Å²) in [5.74, 6) is -7.64. The summed E-state index contributed by atoms with van der Waals surface area (Å²) in [6, 6.07) is 16.5. The van der Waals surface area contributed by atoms with Crippen molar-refractivity contribution in [1.82, 2.24) is 0 Å². The van der Waals surface area contributed by atoms with E-state index in [-0.39, 0.29) is 36.2 Å². The quantitative estimate of drug-likeness (QED) is 0.158. The number of hydrogen-bond acceptors (Lipinski definition) is 15. The molecule has 3 aliphatic carbocycles. The molecule has 1 aliphatic heterocycles. The minimum atomic E-state index is -2.35. The minimum Gasteiger partial charge on any atom is -0.455 e. The Morgan fingerprint density at radius 2 is 1.57 bits per heavy atom. The predicted molar refractivity (Wildman–Crippen MR) is 210 cm³/mol. The van der Waals surface area contributed by atoms with E-state index in [9.17, 15) is 39.3 Å². The van der Waals surface area contributed by atoms with Gasteiger partial charge in [-0.05, 0) is 49.1 Å². The monoisotopic (exact) mass is 834 g/mol. The van der Waals surface area contributed by atoms with Crippen LogP contribution in [0.3, 0.4) is 0 Å². The van der Waals surface area contributed by atoms with Gasteiger partial charge in [-0.15, -0.1) is 0 Å². The van der Waals surface area contributed by atoms with Gasteiger partial charge in [0, 0.05) is 37.5 Å². The van der Waals surface area contributed by atoms with Gasteiger partial charge in [-0.2, -0.15) is 0 Å². The summed E-state index contributed by atoms with van der Waals surface area (Å²) in [6.07, 6.45) is -9.52. The van der Waals surface area contributed by atoms with Gasteiger partial charge in [0.25, 0.3) is 0 Å². The molecule has 6 rings (SSSR count). The molecule has 0 radical (unpaired) electrons. The maximum atomic E-state index is 15.0. The lowest BCUT2D eigenvalue weighted by Crippen LogP contribution is -2.81. The van der Waals surface area contributed by atoms with Gasteiger partial charge in [0.2, 0.25) is 6.10 Å². The highest BCUT2D eigenvalue weighted by Gasteiger charge is 2.78. The summed E-state index contributed by atoms with van der Waals surface area (Å²) in [7, 11) is 0. The SMILES string of the molecule is CCCC(=O)OCC(=O)OC(C(=O)OC1C[C@]2(O)[C@H](OC(=O)c3ccccc3)[C@@H]3[C@@](C)(C(=O)[C@@H](O)C(=C1C)C2(C)C)[C@@H](O)CC1OC[C@]13OC(C)=O)C(C)c1ccccc1. The Morgan fingerprint density at radius 1 is 0.933 bits per heavy atom. The first-order valence-corrected chi connectivity index (χ1v) is 20.3. The number of hydrogen-bond donors (Lipinski definition) is 3. The van der Waals surface area contributed by atoms with E-state index >= 15 is 4.79 Å². The van der Waals surface area contributed by atoms with E-state index in [0.29, 0.717) is 12.0 Å². The molecule has 15 nitrogen and oxygen atoms in total. The maximum Gasteiger partial charge on any atom is 0.348 e. The van der Waals surface area contributed by atoms with Gasteiger partial charge in [0.15, 0.2) is 18.0 Å². The van der Waals surface area contributed by atoms with Crippen LogP contribution >= 0.6 is 0 Å². The van der Waals surface area contributed by atoms with Crippen molar-refractivity contribution < 1.29 is 72.5 Å². The van der Waals surface area contributed by atoms with Crippen LogP contribution in [0.15, 0.2) is 71.8 Å². The second-order valence-electron chi connectivity index (χ2n) is 17.1. The molecule has 0 amide bonds. The zero-order valence-corrected chi connectivity index (χ0v) is 34.9. The number of carbonyl (C=O) groups is 6. The molecule has 2 aromatic carbocycles. The van der Waals surface area contributed by atoms with Crippen molar-refractivity contribution in [2.24, 2.45) is 16.7 Å². The minimum absolute atomic E-state index is 0.0484. The topological polar surface area (TPSA) is 218 Å². The van der Waals surface area contributed by atoms with Gasteiger partial charge < -0.3 is 43.7 Å². The summed E-state index contributed by atoms with van der Waals surface area (Å²) >= 11 is 0. The van der Waals surface area contributed by atoms with Crippen LogP contribution in [-0.4, -0.2) is 112 Å². The molecule has 15 heteroatoms. The van der Waals surface area contributed by atoms with E-state index in [1.165, 1.54) is 26.0 Å². The largest absolute Gasteiger partial charge is 0.455 e. The van der Waals surface area contributed by atoms with Crippen LogP contribution in [0.1, 0.15) is 96.0 Å². The summed E-state index contributed by atoms with van der Waals surface area (Å²) in [5, 5.41) is 37.6. The molecule has 0 aromatic heterocycles. The van der Waals surface area contributed by atoms with Crippen LogP contribution in [0.25, 0.3) is 0 Å². The fourth-order valence-corrected chi connectivity index (χ4v) is 9.86.